The molecule has 6 heteroatoms. The quantitative estimate of drug-likeness (QED) is 0.758. The summed E-state index contributed by atoms with van der Waals surface area (Å²) in [5.74, 6) is 0. The number of rotatable bonds is 8. The maximum Gasteiger partial charge on any atom is 0.135 e. The summed E-state index contributed by atoms with van der Waals surface area (Å²) in [5.41, 5.74) is 0.876. The summed E-state index contributed by atoms with van der Waals surface area (Å²) >= 11 is 1.37. The summed E-state index contributed by atoms with van der Waals surface area (Å²) in [4.78, 5) is 0. The number of aromatic nitrogens is 2. The first kappa shape index (κ1) is 13.3. The van der Waals surface area contributed by atoms with Crippen LogP contribution in [0, 0.1) is 0 Å². The van der Waals surface area contributed by atoms with E-state index in [9.17, 15) is 0 Å². The molecular weight excluding hydrogens is 226 g/mol. The minimum atomic E-state index is 0.0747. The molecule has 1 N–H and O–H groups in total. The lowest BCUT2D eigenvalue weighted by molar-refractivity contribution is -0.00117. The van der Waals surface area contributed by atoms with Gasteiger partial charge in [-0.15, -0.1) is 5.10 Å². The van der Waals surface area contributed by atoms with E-state index >= 15 is 0 Å². The molecule has 5 nitrogen and oxygen atoms in total. The minimum Gasteiger partial charge on any atom is -0.382 e. The molecule has 0 bridgehead atoms. The number of anilines is 1. The van der Waals surface area contributed by atoms with Gasteiger partial charge < -0.3 is 14.8 Å². The van der Waals surface area contributed by atoms with Gasteiger partial charge in [-0.25, -0.2) is 0 Å². The largest absolute Gasteiger partial charge is 0.382 e. The number of nitrogens with one attached hydrogen (secondary N) is 1. The van der Waals surface area contributed by atoms with Gasteiger partial charge in [-0.2, -0.15) is 0 Å². The Bertz CT molecular complexity index is 293. The molecule has 0 aromatic carbocycles. The lowest BCUT2D eigenvalue weighted by Crippen LogP contribution is -2.15. The van der Waals surface area contributed by atoms with Gasteiger partial charge in [0.1, 0.15) is 10.7 Å². The van der Waals surface area contributed by atoms with E-state index in [1.165, 1.54) is 11.5 Å². The Labute approximate surface area is 100 Å². The van der Waals surface area contributed by atoms with E-state index in [4.69, 9.17) is 9.47 Å². The van der Waals surface area contributed by atoms with Gasteiger partial charge >= 0.3 is 0 Å². The fourth-order valence-corrected chi connectivity index (χ4v) is 1.77. The predicted octanol–water partition coefficient (Wildman–Crippen LogP) is 1.91. The molecule has 0 spiro atoms. The number of nitrogens with zero attached hydrogens (tertiary/aromatic N) is 2. The molecule has 1 aromatic rings. The van der Waals surface area contributed by atoms with E-state index in [0.29, 0.717) is 13.2 Å². The van der Waals surface area contributed by atoms with Crippen LogP contribution in [0.1, 0.15) is 26.0 Å². The van der Waals surface area contributed by atoms with Crippen LogP contribution in [0.5, 0.6) is 0 Å². The smallest absolute Gasteiger partial charge is 0.135 e. The Morgan fingerprint density at radius 1 is 1.50 bits per heavy atom. The molecule has 1 rings (SSSR count). The van der Waals surface area contributed by atoms with Crippen molar-refractivity contribution >= 4 is 16.5 Å². The standard InChI is InChI=1S/C10H19N3O2S/c1-4-5-11-10-9(12-13-16-10)7-15-8(2)6-14-3/h8,11H,4-7H2,1-3H3. The Hall–Kier alpha value is -0.720. The van der Waals surface area contributed by atoms with Crippen LogP contribution >= 0.6 is 11.5 Å². The number of hydrogen-bond acceptors (Lipinski definition) is 6. The minimum absolute atomic E-state index is 0.0747. The monoisotopic (exact) mass is 245 g/mol. The fraction of sp³-hybridized carbons (Fsp3) is 0.800. The summed E-state index contributed by atoms with van der Waals surface area (Å²) in [6, 6.07) is 0. The van der Waals surface area contributed by atoms with Crippen molar-refractivity contribution in [3.05, 3.63) is 5.69 Å². The molecule has 0 saturated heterocycles. The van der Waals surface area contributed by atoms with Crippen molar-refractivity contribution in [1.29, 1.82) is 0 Å². The number of methoxy groups -OCH3 is 1. The van der Waals surface area contributed by atoms with Crippen molar-refractivity contribution < 1.29 is 9.47 Å². The second-order valence-electron chi connectivity index (χ2n) is 3.55. The molecule has 92 valence electrons. The first-order chi connectivity index (χ1) is 7.77. The van der Waals surface area contributed by atoms with Crippen LogP contribution < -0.4 is 5.32 Å². The predicted molar refractivity (Wildman–Crippen MR) is 64.8 cm³/mol. The highest BCUT2D eigenvalue weighted by Gasteiger charge is 2.09. The lowest BCUT2D eigenvalue weighted by atomic mass is 10.4. The zero-order chi connectivity index (χ0) is 11.8. The molecule has 0 aliphatic heterocycles. The highest BCUT2D eigenvalue weighted by Crippen LogP contribution is 2.18. The molecule has 0 fully saturated rings. The molecule has 16 heavy (non-hydrogen) atoms. The van der Waals surface area contributed by atoms with Gasteiger partial charge in [-0.05, 0) is 13.3 Å². The summed E-state index contributed by atoms with van der Waals surface area (Å²) in [5, 5.41) is 8.33. The van der Waals surface area contributed by atoms with Crippen molar-refractivity contribution in [3.63, 3.8) is 0 Å². The highest BCUT2D eigenvalue weighted by molar-refractivity contribution is 7.10. The molecule has 0 radical (unpaired) electrons. The van der Waals surface area contributed by atoms with Gasteiger partial charge in [-0.3, -0.25) is 0 Å². The van der Waals surface area contributed by atoms with Crippen molar-refractivity contribution in [2.75, 3.05) is 25.6 Å². The molecular formula is C10H19N3O2S. The normalized spacial score (nSPS) is 12.7. The topological polar surface area (TPSA) is 56.3 Å². The third-order valence-electron chi connectivity index (χ3n) is 2.00. The highest BCUT2D eigenvalue weighted by atomic mass is 32.1. The van der Waals surface area contributed by atoms with Crippen LogP contribution in [0.3, 0.4) is 0 Å². The Balaban J connectivity index is 2.37. The van der Waals surface area contributed by atoms with Crippen molar-refractivity contribution in [1.82, 2.24) is 9.59 Å². The molecule has 1 atom stereocenters. The van der Waals surface area contributed by atoms with Gasteiger partial charge in [0.05, 0.1) is 19.3 Å². The fourth-order valence-electron chi connectivity index (χ4n) is 1.18. The summed E-state index contributed by atoms with van der Waals surface area (Å²) in [6.07, 6.45) is 1.16. The van der Waals surface area contributed by atoms with E-state index in [1.54, 1.807) is 7.11 Å². The third-order valence-corrected chi connectivity index (χ3v) is 2.72. The number of ether oxygens (including phenoxy) is 2. The molecule has 0 aliphatic rings. The Morgan fingerprint density at radius 2 is 2.31 bits per heavy atom. The third kappa shape index (κ3) is 4.42. The Kier molecular flexibility index (Phi) is 6.29. The molecule has 0 aliphatic carbocycles. The van der Waals surface area contributed by atoms with E-state index < -0.39 is 0 Å². The molecule has 1 unspecified atom stereocenters. The average Bonchev–Trinajstić information content (AvgIpc) is 2.71. The van der Waals surface area contributed by atoms with E-state index in [2.05, 4.69) is 21.8 Å². The van der Waals surface area contributed by atoms with Gasteiger partial charge in [-0.1, -0.05) is 11.4 Å². The Morgan fingerprint density at radius 3 is 3.00 bits per heavy atom. The van der Waals surface area contributed by atoms with Gasteiger partial charge in [0.15, 0.2) is 0 Å². The summed E-state index contributed by atoms with van der Waals surface area (Å²) < 4.78 is 14.5. The van der Waals surface area contributed by atoms with Crippen LogP contribution in [0.4, 0.5) is 5.00 Å². The van der Waals surface area contributed by atoms with Crippen LogP contribution in [-0.4, -0.2) is 36.0 Å². The maximum atomic E-state index is 5.59. The summed E-state index contributed by atoms with van der Waals surface area (Å²) in [7, 11) is 1.67. The SMILES string of the molecule is CCCNc1snnc1COC(C)COC. The number of hydrogen-bond donors (Lipinski definition) is 1. The van der Waals surface area contributed by atoms with Gasteiger partial charge in [0.25, 0.3) is 0 Å². The maximum absolute atomic E-state index is 5.59. The average molecular weight is 245 g/mol. The van der Waals surface area contributed by atoms with Gasteiger partial charge in [0.2, 0.25) is 0 Å². The molecule has 1 aromatic heterocycles. The van der Waals surface area contributed by atoms with E-state index in [-0.39, 0.29) is 6.10 Å². The van der Waals surface area contributed by atoms with Crippen LogP contribution in [0.15, 0.2) is 0 Å². The van der Waals surface area contributed by atoms with Crippen molar-refractivity contribution in [2.45, 2.75) is 33.0 Å². The lowest BCUT2D eigenvalue weighted by Gasteiger charge is -2.11. The molecule has 1 heterocycles. The first-order valence-electron chi connectivity index (χ1n) is 5.43. The zero-order valence-corrected chi connectivity index (χ0v) is 10.8. The molecule has 0 saturated carbocycles. The second kappa shape index (κ2) is 7.54. The van der Waals surface area contributed by atoms with Crippen LogP contribution in [-0.2, 0) is 16.1 Å². The van der Waals surface area contributed by atoms with E-state index in [1.807, 2.05) is 6.92 Å². The second-order valence-corrected chi connectivity index (χ2v) is 4.31. The van der Waals surface area contributed by atoms with Crippen molar-refractivity contribution in [2.24, 2.45) is 0 Å². The van der Waals surface area contributed by atoms with Crippen LogP contribution in [0.25, 0.3) is 0 Å². The van der Waals surface area contributed by atoms with Crippen LogP contribution in [0.2, 0.25) is 0 Å². The van der Waals surface area contributed by atoms with Gasteiger partial charge in [0, 0.05) is 25.2 Å². The molecule has 0 amide bonds. The van der Waals surface area contributed by atoms with E-state index in [0.717, 1.165) is 23.7 Å². The zero-order valence-electron chi connectivity index (χ0n) is 10.0. The first-order valence-corrected chi connectivity index (χ1v) is 6.20. The summed E-state index contributed by atoms with van der Waals surface area (Å²) in [6.45, 7) is 6.10. The van der Waals surface area contributed by atoms with Crippen molar-refractivity contribution in [3.8, 4) is 0 Å².